The van der Waals surface area contributed by atoms with Crippen LogP contribution in [0.15, 0.2) is 10.2 Å². The molecule has 5 heteroatoms. The van der Waals surface area contributed by atoms with Crippen LogP contribution in [0.1, 0.15) is 40.0 Å². The van der Waals surface area contributed by atoms with Gasteiger partial charge in [-0.3, -0.25) is 4.79 Å². The van der Waals surface area contributed by atoms with Gasteiger partial charge in [0.15, 0.2) is 5.17 Å². The van der Waals surface area contributed by atoms with Gasteiger partial charge in [-0.25, -0.2) is 0 Å². The summed E-state index contributed by atoms with van der Waals surface area (Å²) in [5.41, 5.74) is 1.74. The molecule has 0 unspecified atom stereocenters. The van der Waals surface area contributed by atoms with E-state index in [0.29, 0.717) is 16.3 Å². The smallest absolute Gasteiger partial charge is 0.236 e. The minimum Gasteiger partial charge on any atom is -0.303 e. The number of fused-ring (bicyclic) bond motifs is 2. The first-order chi connectivity index (χ1) is 8.43. The largest absolute Gasteiger partial charge is 0.303 e. The molecule has 3 rings (SSSR count). The summed E-state index contributed by atoms with van der Waals surface area (Å²) in [6, 6.07) is 0. The number of carbonyl (C=O) groups excluding carboxylic acids is 1. The van der Waals surface area contributed by atoms with Crippen molar-refractivity contribution in [3.05, 3.63) is 0 Å². The lowest BCUT2D eigenvalue weighted by molar-refractivity contribution is -0.116. The first-order valence-corrected chi connectivity index (χ1v) is 7.50. The molecule has 1 amide bonds. The van der Waals surface area contributed by atoms with Crippen LogP contribution in [-0.2, 0) is 4.79 Å². The third kappa shape index (κ3) is 1.56. The van der Waals surface area contributed by atoms with Crippen molar-refractivity contribution in [3.8, 4) is 0 Å². The van der Waals surface area contributed by atoms with Gasteiger partial charge in [-0.05, 0) is 30.6 Å². The number of amidine groups is 1. The lowest BCUT2D eigenvalue weighted by Gasteiger charge is -2.34. The number of thioether (sulfide) groups is 1. The number of nitrogens with zero attached hydrogens (tertiary/aromatic N) is 2. The number of nitrogens with one attached hydrogen (secondary N) is 1. The van der Waals surface area contributed by atoms with Crippen LogP contribution in [0.2, 0.25) is 0 Å². The molecule has 18 heavy (non-hydrogen) atoms. The van der Waals surface area contributed by atoms with Gasteiger partial charge in [-0.1, -0.05) is 32.5 Å². The van der Waals surface area contributed by atoms with Crippen molar-refractivity contribution in [2.24, 2.45) is 27.0 Å². The zero-order valence-electron chi connectivity index (χ0n) is 11.1. The molecule has 2 saturated carbocycles. The first kappa shape index (κ1) is 12.2. The van der Waals surface area contributed by atoms with Crippen LogP contribution in [0.25, 0.3) is 0 Å². The van der Waals surface area contributed by atoms with Gasteiger partial charge in [0.05, 0.1) is 5.75 Å². The molecule has 0 spiro atoms. The van der Waals surface area contributed by atoms with Gasteiger partial charge in [0, 0.05) is 11.1 Å². The van der Waals surface area contributed by atoms with Crippen LogP contribution in [0.5, 0.6) is 0 Å². The van der Waals surface area contributed by atoms with Crippen LogP contribution in [0.3, 0.4) is 0 Å². The van der Waals surface area contributed by atoms with Gasteiger partial charge in [-0.2, -0.15) is 5.10 Å². The van der Waals surface area contributed by atoms with E-state index >= 15 is 0 Å². The number of amides is 1. The highest BCUT2D eigenvalue weighted by atomic mass is 32.2. The number of carbonyl (C=O) groups is 1. The van der Waals surface area contributed by atoms with Crippen molar-refractivity contribution in [1.29, 1.82) is 0 Å². The molecule has 2 aliphatic carbocycles. The molecule has 3 fully saturated rings. The van der Waals surface area contributed by atoms with Crippen molar-refractivity contribution >= 4 is 28.5 Å². The first-order valence-electron chi connectivity index (χ1n) is 6.51. The second-order valence-electron chi connectivity index (χ2n) is 6.28. The standard InChI is InChI=1S/C13H19N3OS/c1-12(2)8-4-5-13(12,3)9(6-8)15-16-11-14-10(17)7-18-11/h8H,4-7H2,1-3H3,(H,14,16,17)/b15-9-/t8-,13+/m1/s1. The monoisotopic (exact) mass is 265 g/mol. The van der Waals surface area contributed by atoms with Gasteiger partial charge in [0.25, 0.3) is 0 Å². The molecule has 1 heterocycles. The van der Waals surface area contributed by atoms with Gasteiger partial charge in [-0.15, -0.1) is 5.10 Å². The summed E-state index contributed by atoms with van der Waals surface area (Å²) < 4.78 is 0. The molecule has 1 aliphatic heterocycles. The van der Waals surface area contributed by atoms with Crippen LogP contribution >= 0.6 is 11.8 Å². The molecule has 1 saturated heterocycles. The molecule has 0 aromatic carbocycles. The van der Waals surface area contributed by atoms with Gasteiger partial charge in [0.2, 0.25) is 5.91 Å². The van der Waals surface area contributed by atoms with Crippen LogP contribution in [-0.4, -0.2) is 22.5 Å². The lowest BCUT2D eigenvalue weighted by Crippen LogP contribution is -2.32. The highest BCUT2D eigenvalue weighted by Gasteiger charge is 2.60. The fraction of sp³-hybridized carbons (Fsp3) is 0.769. The van der Waals surface area contributed by atoms with E-state index in [2.05, 4.69) is 36.3 Å². The molecule has 2 atom stereocenters. The molecule has 0 aromatic heterocycles. The Hall–Kier alpha value is -0.840. The highest BCUT2D eigenvalue weighted by molar-refractivity contribution is 8.15. The van der Waals surface area contributed by atoms with E-state index in [1.165, 1.54) is 30.3 Å². The summed E-state index contributed by atoms with van der Waals surface area (Å²) in [6.45, 7) is 7.03. The molecule has 2 bridgehead atoms. The average Bonchev–Trinajstić information content (AvgIpc) is 2.87. The van der Waals surface area contributed by atoms with E-state index in [0.717, 1.165) is 12.3 Å². The Balaban J connectivity index is 1.85. The molecule has 4 nitrogen and oxygen atoms in total. The van der Waals surface area contributed by atoms with Crippen LogP contribution in [0.4, 0.5) is 0 Å². The van der Waals surface area contributed by atoms with Crippen LogP contribution < -0.4 is 5.32 Å². The van der Waals surface area contributed by atoms with E-state index in [1.807, 2.05) is 0 Å². The van der Waals surface area contributed by atoms with Gasteiger partial charge in [0.1, 0.15) is 0 Å². The fourth-order valence-electron chi connectivity index (χ4n) is 3.56. The number of hydrogen-bond acceptors (Lipinski definition) is 4. The average molecular weight is 265 g/mol. The molecule has 0 radical (unpaired) electrons. The highest BCUT2D eigenvalue weighted by Crippen LogP contribution is 2.63. The minimum absolute atomic E-state index is 0.0263. The Morgan fingerprint density at radius 3 is 2.61 bits per heavy atom. The normalized spacial score (nSPS) is 41.9. The Kier molecular flexibility index (Phi) is 2.59. The van der Waals surface area contributed by atoms with Crippen LogP contribution in [0, 0.1) is 16.7 Å². The van der Waals surface area contributed by atoms with Gasteiger partial charge >= 0.3 is 0 Å². The van der Waals surface area contributed by atoms with E-state index in [4.69, 9.17) is 0 Å². The predicted molar refractivity (Wildman–Crippen MR) is 74.7 cm³/mol. The maximum Gasteiger partial charge on any atom is 0.236 e. The molecule has 0 aromatic rings. The molecule has 98 valence electrons. The van der Waals surface area contributed by atoms with Gasteiger partial charge < -0.3 is 5.32 Å². The van der Waals surface area contributed by atoms with E-state index < -0.39 is 0 Å². The summed E-state index contributed by atoms with van der Waals surface area (Å²) in [4.78, 5) is 11.1. The van der Waals surface area contributed by atoms with Crippen molar-refractivity contribution in [1.82, 2.24) is 5.32 Å². The van der Waals surface area contributed by atoms with E-state index in [1.54, 1.807) is 0 Å². The molecule has 3 aliphatic rings. The second kappa shape index (κ2) is 3.83. The van der Waals surface area contributed by atoms with Crippen molar-refractivity contribution in [2.75, 3.05) is 5.75 Å². The SMILES string of the molecule is CC1(C)[C@@H]2CC[C@@]1(C)/C(=N\N=C1\NC(=O)CS1)C2. The Morgan fingerprint density at radius 1 is 1.33 bits per heavy atom. The third-order valence-electron chi connectivity index (χ3n) is 5.36. The fourth-order valence-corrected chi connectivity index (χ4v) is 4.19. The van der Waals surface area contributed by atoms with Crippen molar-refractivity contribution in [3.63, 3.8) is 0 Å². The molecule has 1 N–H and O–H groups in total. The summed E-state index contributed by atoms with van der Waals surface area (Å²) >= 11 is 1.43. The van der Waals surface area contributed by atoms with Crippen molar-refractivity contribution < 1.29 is 4.79 Å². The van der Waals surface area contributed by atoms with E-state index in [9.17, 15) is 4.79 Å². The summed E-state index contributed by atoms with van der Waals surface area (Å²) in [5, 5.41) is 12.1. The zero-order chi connectivity index (χ0) is 13.0. The summed E-state index contributed by atoms with van der Waals surface area (Å²) in [7, 11) is 0. The van der Waals surface area contributed by atoms with Crippen molar-refractivity contribution in [2.45, 2.75) is 40.0 Å². The minimum atomic E-state index is 0.0263. The Bertz CT molecular complexity index is 469. The number of rotatable bonds is 1. The zero-order valence-corrected chi connectivity index (χ0v) is 11.9. The Morgan fingerprint density at radius 2 is 2.11 bits per heavy atom. The lowest BCUT2D eigenvalue weighted by atomic mass is 9.70. The third-order valence-corrected chi connectivity index (χ3v) is 6.22. The number of hydrogen-bond donors (Lipinski definition) is 1. The molecular formula is C13H19N3OS. The second-order valence-corrected chi connectivity index (χ2v) is 7.25. The molecular weight excluding hydrogens is 246 g/mol. The Labute approximate surface area is 112 Å². The van der Waals surface area contributed by atoms with E-state index in [-0.39, 0.29) is 11.3 Å². The maximum atomic E-state index is 11.1. The quantitative estimate of drug-likeness (QED) is 0.740. The summed E-state index contributed by atoms with van der Waals surface area (Å²) in [5.74, 6) is 1.24. The summed E-state index contributed by atoms with van der Waals surface area (Å²) in [6.07, 6.45) is 3.59. The maximum absolute atomic E-state index is 11.1. The topological polar surface area (TPSA) is 53.8 Å². The predicted octanol–water partition coefficient (Wildman–Crippen LogP) is 2.41.